The van der Waals surface area contributed by atoms with E-state index in [1.54, 1.807) is 17.8 Å². The molecule has 1 atom stereocenters. The summed E-state index contributed by atoms with van der Waals surface area (Å²) in [7, 11) is 1.75. The molecule has 1 heterocycles. The minimum Gasteiger partial charge on any atom is -0.480 e. The summed E-state index contributed by atoms with van der Waals surface area (Å²) in [4.78, 5) is 23.5. The molecule has 6 nitrogen and oxygen atoms in total. The summed E-state index contributed by atoms with van der Waals surface area (Å²) in [5.74, 6) is -1.32. The van der Waals surface area contributed by atoms with Crippen molar-refractivity contribution in [2.45, 2.75) is 26.3 Å². The highest BCUT2D eigenvalue weighted by atomic mass is 16.4. The zero-order valence-electron chi connectivity index (χ0n) is 12.3. The number of carbonyl (C=O) groups excluding carboxylic acids is 1. The number of aromatic nitrogens is 2. The van der Waals surface area contributed by atoms with Crippen LogP contribution >= 0.6 is 0 Å². The van der Waals surface area contributed by atoms with Crippen LogP contribution in [0.15, 0.2) is 24.3 Å². The van der Waals surface area contributed by atoms with E-state index in [4.69, 9.17) is 0 Å². The minimum atomic E-state index is -1.03. The first-order chi connectivity index (χ1) is 9.90. The van der Waals surface area contributed by atoms with Gasteiger partial charge in [0.05, 0.1) is 5.52 Å². The van der Waals surface area contributed by atoms with Gasteiger partial charge in [0.25, 0.3) is 5.91 Å². The van der Waals surface area contributed by atoms with E-state index in [1.807, 2.05) is 32.0 Å². The van der Waals surface area contributed by atoms with Crippen molar-refractivity contribution in [1.29, 1.82) is 0 Å². The maximum absolute atomic E-state index is 12.3. The molecule has 0 fully saturated rings. The number of rotatable bonds is 5. The summed E-state index contributed by atoms with van der Waals surface area (Å²) in [5.41, 5.74) is 1.08. The third-order valence-corrected chi connectivity index (χ3v) is 3.28. The molecular weight excluding hydrogens is 270 g/mol. The fraction of sp³-hybridized carbons (Fsp3) is 0.400. The molecule has 1 aromatic heterocycles. The summed E-state index contributed by atoms with van der Waals surface area (Å²) in [6.45, 7) is 3.83. The number of amides is 1. The zero-order chi connectivity index (χ0) is 15.6. The molecule has 1 aromatic carbocycles. The average molecular weight is 289 g/mol. The lowest BCUT2D eigenvalue weighted by Crippen LogP contribution is -2.41. The minimum absolute atomic E-state index is 0.173. The summed E-state index contributed by atoms with van der Waals surface area (Å²) in [6.07, 6.45) is 0.381. The molecule has 6 heteroatoms. The van der Waals surface area contributed by atoms with Crippen LogP contribution in [0, 0.1) is 5.92 Å². The van der Waals surface area contributed by atoms with Crippen molar-refractivity contribution in [1.82, 2.24) is 15.1 Å². The first-order valence-electron chi connectivity index (χ1n) is 6.85. The molecule has 0 bridgehead atoms. The second kappa shape index (κ2) is 5.95. The van der Waals surface area contributed by atoms with Gasteiger partial charge in [0.2, 0.25) is 0 Å². The Hall–Kier alpha value is -2.37. The summed E-state index contributed by atoms with van der Waals surface area (Å²) < 4.78 is 1.61. The molecular formula is C15H19N3O3. The molecule has 0 saturated heterocycles. The number of hydrogen-bond acceptors (Lipinski definition) is 3. The highest BCUT2D eigenvalue weighted by Crippen LogP contribution is 2.17. The lowest BCUT2D eigenvalue weighted by atomic mass is 10.0. The summed E-state index contributed by atoms with van der Waals surface area (Å²) in [5, 5.41) is 16.7. The Bertz CT molecular complexity index is 676. The van der Waals surface area contributed by atoms with Gasteiger partial charge in [-0.25, -0.2) is 4.79 Å². The predicted molar refractivity (Wildman–Crippen MR) is 79.1 cm³/mol. The molecule has 0 aliphatic rings. The van der Waals surface area contributed by atoms with Gasteiger partial charge in [-0.3, -0.25) is 9.48 Å². The standard InChI is InChI=1S/C15H19N3O3/c1-9(2)8-11(15(20)21)16-14(19)13-10-6-4-5-7-12(10)18(3)17-13/h4-7,9,11H,8H2,1-3H3,(H,16,19)(H,20,21). The number of nitrogens with zero attached hydrogens (tertiary/aromatic N) is 2. The van der Waals surface area contributed by atoms with Crippen molar-refractivity contribution in [3.63, 3.8) is 0 Å². The first-order valence-corrected chi connectivity index (χ1v) is 6.85. The van der Waals surface area contributed by atoms with E-state index in [0.717, 1.165) is 5.52 Å². The van der Waals surface area contributed by atoms with E-state index >= 15 is 0 Å². The number of carboxylic acids is 1. The van der Waals surface area contributed by atoms with Gasteiger partial charge in [-0.15, -0.1) is 0 Å². The Labute approximate surface area is 122 Å². The van der Waals surface area contributed by atoms with Crippen LogP contribution in [-0.2, 0) is 11.8 Å². The molecule has 0 aliphatic heterocycles. The van der Waals surface area contributed by atoms with Crippen LogP contribution < -0.4 is 5.32 Å². The number of fused-ring (bicyclic) bond motifs is 1. The SMILES string of the molecule is CC(C)CC(NC(=O)c1nn(C)c2ccccc12)C(=O)O. The Morgan fingerprint density at radius 2 is 2.00 bits per heavy atom. The second-order valence-electron chi connectivity index (χ2n) is 5.48. The third-order valence-electron chi connectivity index (χ3n) is 3.28. The predicted octanol–water partition coefficient (Wildman–Crippen LogP) is 1.80. The molecule has 0 radical (unpaired) electrons. The molecule has 2 aromatic rings. The van der Waals surface area contributed by atoms with E-state index in [-0.39, 0.29) is 11.6 Å². The van der Waals surface area contributed by atoms with Crippen LogP contribution in [0.2, 0.25) is 0 Å². The van der Waals surface area contributed by atoms with E-state index in [2.05, 4.69) is 10.4 Å². The zero-order valence-corrected chi connectivity index (χ0v) is 12.3. The molecule has 2 rings (SSSR count). The maximum atomic E-state index is 12.3. The fourth-order valence-electron chi connectivity index (χ4n) is 2.30. The molecule has 2 N–H and O–H groups in total. The van der Waals surface area contributed by atoms with Crippen LogP contribution in [0.1, 0.15) is 30.8 Å². The van der Waals surface area contributed by atoms with Gasteiger partial charge in [0.1, 0.15) is 6.04 Å². The number of carbonyl (C=O) groups is 2. The quantitative estimate of drug-likeness (QED) is 0.879. The van der Waals surface area contributed by atoms with Crippen molar-refractivity contribution >= 4 is 22.8 Å². The van der Waals surface area contributed by atoms with E-state index < -0.39 is 17.9 Å². The molecule has 21 heavy (non-hydrogen) atoms. The van der Waals surface area contributed by atoms with Crippen molar-refractivity contribution in [3.8, 4) is 0 Å². The first kappa shape index (κ1) is 15.0. The van der Waals surface area contributed by atoms with Crippen molar-refractivity contribution in [3.05, 3.63) is 30.0 Å². The number of benzene rings is 1. The fourth-order valence-corrected chi connectivity index (χ4v) is 2.30. The van der Waals surface area contributed by atoms with Crippen LogP contribution in [0.3, 0.4) is 0 Å². The molecule has 112 valence electrons. The molecule has 0 aliphatic carbocycles. The van der Waals surface area contributed by atoms with Gasteiger partial charge >= 0.3 is 5.97 Å². The second-order valence-corrected chi connectivity index (χ2v) is 5.48. The van der Waals surface area contributed by atoms with Crippen LogP contribution in [0.4, 0.5) is 0 Å². The van der Waals surface area contributed by atoms with Gasteiger partial charge in [-0.2, -0.15) is 5.10 Å². The number of hydrogen-bond donors (Lipinski definition) is 2. The lowest BCUT2D eigenvalue weighted by Gasteiger charge is -2.15. The molecule has 1 amide bonds. The highest BCUT2D eigenvalue weighted by Gasteiger charge is 2.24. The van der Waals surface area contributed by atoms with Gasteiger partial charge in [-0.1, -0.05) is 32.0 Å². The van der Waals surface area contributed by atoms with E-state index in [0.29, 0.717) is 11.8 Å². The number of carboxylic acid groups (broad SMARTS) is 1. The number of para-hydroxylation sites is 1. The number of aryl methyl sites for hydroxylation is 1. The highest BCUT2D eigenvalue weighted by molar-refractivity contribution is 6.05. The maximum Gasteiger partial charge on any atom is 0.326 e. The monoisotopic (exact) mass is 289 g/mol. The smallest absolute Gasteiger partial charge is 0.326 e. The van der Waals surface area contributed by atoms with Crippen molar-refractivity contribution in [2.24, 2.45) is 13.0 Å². The van der Waals surface area contributed by atoms with E-state index in [1.165, 1.54) is 0 Å². The van der Waals surface area contributed by atoms with Crippen LogP contribution in [-0.4, -0.2) is 32.8 Å². The van der Waals surface area contributed by atoms with Crippen molar-refractivity contribution < 1.29 is 14.7 Å². The molecule has 1 unspecified atom stereocenters. The Morgan fingerprint density at radius 3 is 2.62 bits per heavy atom. The normalized spacial score (nSPS) is 12.6. The number of nitrogens with one attached hydrogen (secondary N) is 1. The molecule has 0 saturated carbocycles. The van der Waals surface area contributed by atoms with Gasteiger partial charge in [0.15, 0.2) is 5.69 Å². The number of aliphatic carboxylic acids is 1. The van der Waals surface area contributed by atoms with Crippen molar-refractivity contribution in [2.75, 3.05) is 0 Å². The van der Waals surface area contributed by atoms with Gasteiger partial charge in [0, 0.05) is 12.4 Å². The van der Waals surface area contributed by atoms with Gasteiger partial charge < -0.3 is 10.4 Å². The Morgan fingerprint density at radius 1 is 1.33 bits per heavy atom. The topological polar surface area (TPSA) is 84.2 Å². The van der Waals surface area contributed by atoms with Crippen LogP contribution in [0.25, 0.3) is 10.9 Å². The Kier molecular flexibility index (Phi) is 4.26. The van der Waals surface area contributed by atoms with E-state index in [9.17, 15) is 14.7 Å². The van der Waals surface area contributed by atoms with Gasteiger partial charge in [-0.05, 0) is 18.4 Å². The third kappa shape index (κ3) is 3.21. The lowest BCUT2D eigenvalue weighted by molar-refractivity contribution is -0.139. The Balaban J connectivity index is 2.28. The summed E-state index contributed by atoms with van der Waals surface area (Å²) >= 11 is 0. The average Bonchev–Trinajstić information content (AvgIpc) is 2.75. The largest absolute Gasteiger partial charge is 0.480 e. The summed E-state index contributed by atoms with van der Waals surface area (Å²) in [6, 6.07) is 6.45. The molecule has 0 spiro atoms. The van der Waals surface area contributed by atoms with Crippen LogP contribution in [0.5, 0.6) is 0 Å².